The van der Waals surface area contributed by atoms with Crippen LogP contribution in [-0.4, -0.2) is 38.6 Å². The van der Waals surface area contributed by atoms with Gasteiger partial charge in [0, 0.05) is 45.7 Å². The van der Waals surface area contributed by atoms with Gasteiger partial charge in [-0.15, -0.1) is 0 Å². The molecule has 0 bridgehead atoms. The molecule has 0 radical (unpaired) electrons. The Balaban J connectivity index is 1.77. The second-order valence-electron chi connectivity index (χ2n) is 8.46. The van der Waals surface area contributed by atoms with Crippen molar-refractivity contribution in [3.63, 3.8) is 0 Å². The molecule has 37 heavy (non-hydrogen) atoms. The third kappa shape index (κ3) is 4.65. The van der Waals surface area contributed by atoms with Gasteiger partial charge in [-0.2, -0.15) is 13.2 Å². The predicted molar refractivity (Wildman–Crippen MR) is 130 cm³/mol. The van der Waals surface area contributed by atoms with Gasteiger partial charge < -0.3 is 18.9 Å². The number of hydrogen-bond acceptors (Lipinski definition) is 5. The third-order valence-electron chi connectivity index (χ3n) is 5.91. The van der Waals surface area contributed by atoms with E-state index in [1.165, 1.54) is 12.1 Å². The summed E-state index contributed by atoms with van der Waals surface area (Å²) in [5.41, 5.74) is 4.13. The number of aryl methyl sites for hydroxylation is 2. The summed E-state index contributed by atoms with van der Waals surface area (Å²) in [7, 11) is 0. The van der Waals surface area contributed by atoms with Crippen LogP contribution >= 0.6 is 0 Å². The van der Waals surface area contributed by atoms with E-state index in [1.807, 2.05) is 41.0 Å². The van der Waals surface area contributed by atoms with Gasteiger partial charge in [0.1, 0.15) is 17.2 Å². The lowest BCUT2D eigenvalue weighted by Gasteiger charge is -2.14. The van der Waals surface area contributed by atoms with E-state index in [4.69, 9.17) is 9.26 Å². The minimum Gasteiger partial charge on any atom is -0.483 e. The maximum Gasteiger partial charge on any atom is 0.422 e. The summed E-state index contributed by atoms with van der Waals surface area (Å²) < 4.78 is 51.3. The normalized spacial score (nSPS) is 11.7. The van der Waals surface area contributed by atoms with Crippen LogP contribution in [0.15, 0.2) is 71.5 Å². The van der Waals surface area contributed by atoms with Gasteiger partial charge in [0.25, 0.3) is 0 Å². The zero-order valence-electron chi connectivity index (χ0n) is 19.7. The largest absolute Gasteiger partial charge is 0.483 e. The molecule has 10 heteroatoms. The molecule has 0 saturated heterocycles. The quantitative estimate of drug-likeness (QED) is 0.278. The van der Waals surface area contributed by atoms with Crippen molar-refractivity contribution in [2.45, 2.75) is 20.0 Å². The molecule has 3 aromatic heterocycles. The number of pyridine rings is 1. The molecule has 1 N–H and O–H groups in total. The summed E-state index contributed by atoms with van der Waals surface area (Å²) in [6, 6.07) is 15.1. The summed E-state index contributed by atoms with van der Waals surface area (Å²) in [5.74, 6) is -0.882. The van der Waals surface area contributed by atoms with Crippen LogP contribution in [-0.2, 0) is 0 Å². The van der Waals surface area contributed by atoms with Gasteiger partial charge in [0.15, 0.2) is 6.61 Å². The van der Waals surface area contributed by atoms with Crippen LogP contribution in [0.25, 0.3) is 39.0 Å². The minimum atomic E-state index is -4.60. The third-order valence-corrected chi connectivity index (χ3v) is 5.91. The highest BCUT2D eigenvalue weighted by Crippen LogP contribution is 2.40. The molecule has 0 aliphatic rings. The van der Waals surface area contributed by atoms with Crippen molar-refractivity contribution in [1.82, 2.24) is 14.7 Å². The van der Waals surface area contributed by atoms with Gasteiger partial charge in [-0.3, -0.25) is 0 Å². The molecule has 0 amide bonds. The van der Waals surface area contributed by atoms with E-state index in [9.17, 15) is 23.1 Å². The number of carboxylic acids is 1. The highest BCUT2D eigenvalue weighted by atomic mass is 19.4. The number of alkyl halides is 3. The summed E-state index contributed by atoms with van der Waals surface area (Å²) in [5, 5.41) is 14.0. The first-order valence-electron chi connectivity index (χ1n) is 11.2. The Bertz CT molecular complexity index is 1600. The Morgan fingerprint density at radius 2 is 1.84 bits per heavy atom. The van der Waals surface area contributed by atoms with E-state index in [1.54, 1.807) is 26.2 Å². The van der Waals surface area contributed by atoms with Crippen molar-refractivity contribution in [3.8, 4) is 33.7 Å². The zero-order valence-corrected chi connectivity index (χ0v) is 19.7. The van der Waals surface area contributed by atoms with Crippen molar-refractivity contribution in [1.29, 1.82) is 0 Å². The molecule has 5 aromatic rings. The topological polar surface area (TPSA) is 90.4 Å². The van der Waals surface area contributed by atoms with Crippen LogP contribution in [0.2, 0.25) is 0 Å². The summed E-state index contributed by atoms with van der Waals surface area (Å²) >= 11 is 0. The first kappa shape index (κ1) is 24.1. The number of aromatic nitrogens is 3. The van der Waals surface area contributed by atoms with E-state index in [-0.39, 0.29) is 11.3 Å². The number of rotatable bonds is 6. The number of halogens is 3. The van der Waals surface area contributed by atoms with Crippen molar-refractivity contribution >= 4 is 17.0 Å². The van der Waals surface area contributed by atoms with Crippen molar-refractivity contribution in [2.24, 2.45) is 0 Å². The number of para-hydroxylation sites is 1. The number of nitrogens with zero attached hydrogens (tertiary/aromatic N) is 3. The molecule has 0 unspecified atom stereocenters. The fourth-order valence-electron chi connectivity index (χ4n) is 4.30. The average Bonchev–Trinajstić information content (AvgIpc) is 3.41. The van der Waals surface area contributed by atoms with E-state index in [0.29, 0.717) is 33.6 Å². The van der Waals surface area contributed by atoms with Gasteiger partial charge in [-0.1, -0.05) is 23.4 Å². The SMILES string of the molecule is Cc1noc(C)c1-c1cnc2c(c1)c(-c1ccc(C(=O)O)cc1OCC(F)(F)F)cn2-c1ccccc1. The van der Waals surface area contributed by atoms with E-state index in [2.05, 4.69) is 10.1 Å². The maximum absolute atomic E-state index is 13.0. The number of ether oxygens (including phenoxy) is 1. The Morgan fingerprint density at radius 3 is 2.49 bits per heavy atom. The number of carboxylic acid groups (broad SMARTS) is 1. The molecular weight excluding hydrogens is 487 g/mol. The second-order valence-corrected chi connectivity index (χ2v) is 8.46. The molecule has 0 aliphatic carbocycles. The first-order chi connectivity index (χ1) is 17.6. The van der Waals surface area contributed by atoms with Crippen LogP contribution in [0.5, 0.6) is 5.75 Å². The first-order valence-corrected chi connectivity index (χ1v) is 11.2. The highest BCUT2D eigenvalue weighted by molar-refractivity contribution is 5.99. The van der Waals surface area contributed by atoms with Gasteiger partial charge in [0.05, 0.1) is 11.3 Å². The van der Waals surface area contributed by atoms with Crippen LogP contribution in [0.3, 0.4) is 0 Å². The standard InChI is InChI=1S/C27H20F3N3O4/c1-15-24(16(2)37-32-15)18-10-21-22(13-33(25(21)31-12-18)19-6-4-3-5-7-19)20-9-8-17(26(34)35)11-23(20)36-14-27(28,29)30/h3-13H,14H2,1-2H3,(H,34,35). The van der Waals surface area contributed by atoms with E-state index in [0.717, 1.165) is 22.9 Å². The fourth-order valence-corrected chi connectivity index (χ4v) is 4.30. The number of hydrogen-bond donors (Lipinski definition) is 1. The molecule has 5 rings (SSSR count). The molecular formula is C27H20F3N3O4. The summed E-state index contributed by atoms with van der Waals surface area (Å²) in [6.45, 7) is 2.02. The molecule has 0 saturated carbocycles. The average molecular weight is 507 g/mol. The molecule has 188 valence electrons. The molecule has 3 heterocycles. The number of benzene rings is 2. The Labute approximate surface area is 208 Å². The van der Waals surface area contributed by atoms with E-state index < -0.39 is 18.8 Å². The maximum atomic E-state index is 13.0. The second kappa shape index (κ2) is 9.12. The van der Waals surface area contributed by atoms with Gasteiger partial charge in [-0.25, -0.2) is 9.78 Å². The zero-order chi connectivity index (χ0) is 26.3. The van der Waals surface area contributed by atoms with Crippen LogP contribution in [0, 0.1) is 13.8 Å². The minimum absolute atomic E-state index is 0.192. The van der Waals surface area contributed by atoms with Crippen LogP contribution in [0.1, 0.15) is 21.8 Å². The smallest absolute Gasteiger partial charge is 0.422 e. The molecule has 2 aromatic carbocycles. The molecule has 0 spiro atoms. The Hall–Kier alpha value is -4.60. The van der Waals surface area contributed by atoms with Crippen molar-refractivity contribution in [3.05, 3.63) is 84.0 Å². The predicted octanol–water partition coefficient (Wildman–Crippen LogP) is 6.60. The molecule has 0 fully saturated rings. The summed E-state index contributed by atoms with van der Waals surface area (Å²) in [4.78, 5) is 16.2. The van der Waals surface area contributed by atoms with Crippen LogP contribution in [0.4, 0.5) is 13.2 Å². The molecule has 7 nitrogen and oxygen atoms in total. The van der Waals surface area contributed by atoms with Gasteiger partial charge >= 0.3 is 12.1 Å². The van der Waals surface area contributed by atoms with Gasteiger partial charge in [0.2, 0.25) is 0 Å². The number of aromatic carboxylic acids is 1. The lowest BCUT2D eigenvalue weighted by atomic mass is 10.00. The Kier molecular flexibility index (Phi) is 5.94. The number of fused-ring (bicyclic) bond motifs is 1. The lowest BCUT2D eigenvalue weighted by molar-refractivity contribution is -0.153. The van der Waals surface area contributed by atoms with E-state index >= 15 is 0 Å². The molecule has 0 aliphatic heterocycles. The highest BCUT2D eigenvalue weighted by Gasteiger charge is 2.29. The van der Waals surface area contributed by atoms with Crippen molar-refractivity contribution in [2.75, 3.05) is 6.61 Å². The van der Waals surface area contributed by atoms with Crippen LogP contribution < -0.4 is 4.74 Å². The fraction of sp³-hybridized carbons (Fsp3) is 0.148. The lowest BCUT2D eigenvalue weighted by Crippen LogP contribution is -2.19. The van der Waals surface area contributed by atoms with Gasteiger partial charge in [-0.05, 0) is 50.2 Å². The Morgan fingerprint density at radius 1 is 1.08 bits per heavy atom. The molecule has 0 atom stereocenters. The number of carbonyl (C=O) groups is 1. The monoisotopic (exact) mass is 507 g/mol. The van der Waals surface area contributed by atoms with Crippen molar-refractivity contribution < 1.29 is 32.3 Å². The summed E-state index contributed by atoms with van der Waals surface area (Å²) in [6.07, 6.45) is -1.17.